The first-order valence-corrected chi connectivity index (χ1v) is 14.9. The highest BCUT2D eigenvalue weighted by Gasteiger charge is 2.20. The van der Waals surface area contributed by atoms with Gasteiger partial charge in [-0.15, -0.1) is 0 Å². The van der Waals surface area contributed by atoms with Crippen LogP contribution in [0.15, 0.2) is 146 Å². The van der Waals surface area contributed by atoms with Gasteiger partial charge in [-0.2, -0.15) is 0 Å². The molecular formula is C40H24N4. The fourth-order valence-electron chi connectivity index (χ4n) is 7.16. The molecule has 4 heterocycles. The Morgan fingerprint density at radius 3 is 1.18 bits per heavy atom. The molecule has 204 valence electrons. The number of rotatable bonds is 2. The maximum Gasteiger partial charge on any atom is 0.138 e. The first-order chi connectivity index (χ1) is 21.8. The molecule has 0 radical (unpaired) electrons. The minimum Gasteiger partial charge on any atom is -0.293 e. The zero-order valence-corrected chi connectivity index (χ0v) is 23.6. The molecule has 0 unspecified atom stereocenters. The highest BCUT2D eigenvalue weighted by atomic mass is 15.1. The second kappa shape index (κ2) is 8.76. The Morgan fingerprint density at radius 2 is 0.705 bits per heavy atom. The summed E-state index contributed by atoms with van der Waals surface area (Å²) in [4.78, 5) is 10.3. The molecule has 0 N–H and O–H groups in total. The van der Waals surface area contributed by atoms with Gasteiger partial charge < -0.3 is 0 Å². The van der Waals surface area contributed by atoms with Gasteiger partial charge in [-0.25, -0.2) is 9.97 Å². The van der Waals surface area contributed by atoms with Gasteiger partial charge in [-0.05, 0) is 48.5 Å². The van der Waals surface area contributed by atoms with E-state index in [0.29, 0.717) is 0 Å². The second-order valence-electron chi connectivity index (χ2n) is 11.4. The van der Waals surface area contributed by atoms with Crippen LogP contribution in [0.4, 0.5) is 0 Å². The Kier molecular flexibility index (Phi) is 4.69. The van der Waals surface area contributed by atoms with Crippen LogP contribution in [-0.2, 0) is 0 Å². The van der Waals surface area contributed by atoms with Crippen LogP contribution < -0.4 is 0 Å². The van der Waals surface area contributed by atoms with E-state index in [4.69, 9.17) is 9.97 Å². The maximum absolute atomic E-state index is 5.16. The molecule has 0 bridgehead atoms. The Balaban J connectivity index is 1.38. The Morgan fingerprint density at radius 1 is 0.318 bits per heavy atom. The summed E-state index contributed by atoms with van der Waals surface area (Å²) in [5.41, 5.74) is 6.60. The van der Waals surface area contributed by atoms with E-state index in [-0.39, 0.29) is 0 Å². The van der Waals surface area contributed by atoms with Crippen molar-refractivity contribution in [1.29, 1.82) is 0 Å². The van der Waals surface area contributed by atoms with Crippen molar-refractivity contribution in [3.8, 4) is 11.6 Å². The van der Waals surface area contributed by atoms with E-state index in [1.165, 1.54) is 32.3 Å². The zero-order valence-electron chi connectivity index (χ0n) is 23.6. The molecule has 0 saturated carbocycles. The second-order valence-corrected chi connectivity index (χ2v) is 11.4. The van der Waals surface area contributed by atoms with Crippen LogP contribution in [0, 0.1) is 0 Å². The molecular weight excluding hydrogens is 536 g/mol. The maximum atomic E-state index is 5.16. The molecule has 44 heavy (non-hydrogen) atoms. The van der Waals surface area contributed by atoms with E-state index in [1.54, 1.807) is 0 Å². The molecule has 4 aromatic heterocycles. The molecule has 10 rings (SSSR count). The van der Waals surface area contributed by atoms with Gasteiger partial charge in [0.05, 0.1) is 33.1 Å². The molecule has 4 nitrogen and oxygen atoms in total. The lowest BCUT2D eigenvalue weighted by Crippen LogP contribution is -1.99. The molecule has 0 spiro atoms. The zero-order chi connectivity index (χ0) is 28.8. The average Bonchev–Trinajstić information content (AvgIpc) is 3.61. The van der Waals surface area contributed by atoms with Crippen molar-refractivity contribution in [2.75, 3.05) is 0 Å². The highest BCUT2D eigenvalue weighted by molar-refractivity contribution is 6.26. The number of hydrogen-bond donors (Lipinski definition) is 0. The van der Waals surface area contributed by atoms with Gasteiger partial charge in [0.1, 0.15) is 11.6 Å². The third kappa shape index (κ3) is 3.17. The van der Waals surface area contributed by atoms with Gasteiger partial charge in [0, 0.05) is 43.1 Å². The number of nitrogens with zero attached hydrogens (tertiary/aromatic N) is 4. The van der Waals surface area contributed by atoms with Crippen LogP contribution in [-0.4, -0.2) is 19.1 Å². The van der Waals surface area contributed by atoms with E-state index in [0.717, 1.165) is 55.5 Å². The smallest absolute Gasteiger partial charge is 0.138 e. The van der Waals surface area contributed by atoms with Crippen LogP contribution >= 0.6 is 0 Å². The number of hydrogen-bond acceptors (Lipinski definition) is 2. The van der Waals surface area contributed by atoms with Crippen LogP contribution in [0.2, 0.25) is 0 Å². The van der Waals surface area contributed by atoms with Gasteiger partial charge in [0.15, 0.2) is 0 Å². The predicted molar refractivity (Wildman–Crippen MR) is 183 cm³/mol. The van der Waals surface area contributed by atoms with Gasteiger partial charge in [0.25, 0.3) is 0 Å². The van der Waals surface area contributed by atoms with Crippen molar-refractivity contribution in [3.05, 3.63) is 146 Å². The fraction of sp³-hybridized carbons (Fsp3) is 0. The van der Waals surface area contributed by atoms with Crippen LogP contribution in [0.1, 0.15) is 0 Å². The SMILES string of the molecule is c1ccc2nc(-n3c4ccccc4c4ccc5c(ccc6c7ccccc7n(-c7ccc8ccccc8n7)c65)c43)ccc2c1. The van der Waals surface area contributed by atoms with E-state index < -0.39 is 0 Å². The summed E-state index contributed by atoms with van der Waals surface area (Å²) in [5.74, 6) is 1.83. The number of para-hydroxylation sites is 4. The topological polar surface area (TPSA) is 35.6 Å². The van der Waals surface area contributed by atoms with Crippen molar-refractivity contribution in [2.45, 2.75) is 0 Å². The van der Waals surface area contributed by atoms with Crippen molar-refractivity contribution in [1.82, 2.24) is 19.1 Å². The normalized spacial score (nSPS) is 12.1. The van der Waals surface area contributed by atoms with Crippen molar-refractivity contribution in [3.63, 3.8) is 0 Å². The highest BCUT2D eigenvalue weighted by Crippen LogP contribution is 2.41. The summed E-state index contributed by atoms with van der Waals surface area (Å²) in [5, 5.41) is 9.51. The van der Waals surface area contributed by atoms with Crippen molar-refractivity contribution < 1.29 is 0 Å². The van der Waals surface area contributed by atoms with Crippen molar-refractivity contribution in [2.24, 2.45) is 0 Å². The van der Waals surface area contributed by atoms with Gasteiger partial charge in [-0.3, -0.25) is 9.13 Å². The molecule has 4 heteroatoms. The number of benzene rings is 6. The molecule has 0 aliphatic carbocycles. The summed E-state index contributed by atoms with van der Waals surface area (Å²) in [6.07, 6.45) is 0. The monoisotopic (exact) mass is 560 g/mol. The molecule has 0 fully saturated rings. The number of fused-ring (bicyclic) bond motifs is 11. The minimum absolute atomic E-state index is 0.916. The Bertz CT molecular complexity index is 2590. The third-order valence-corrected chi connectivity index (χ3v) is 9.09. The lowest BCUT2D eigenvalue weighted by atomic mass is 10.0. The largest absolute Gasteiger partial charge is 0.293 e. The summed E-state index contributed by atoms with van der Waals surface area (Å²) < 4.78 is 4.68. The standard InChI is InChI=1S/C40H24N4/c1-5-13-33-25(9-1)17-23-37(41-33)43-35-15-7-3-11-27(35)29-19-22-32-31(39(29)43)21-20-30-28-12-4-8-16-36(28)44(40(30)32)38-24-18-26-10-2-6-14-34(26)42-38/h1-24H. The first-order valence-electron chi connectivity index (χ1n) is 14.9. The Hall–Kier alpha value is -6.00. The lowest BCUT2D eigenvalue weighted by molar-refractivity contribution is 1.10. The summed E-state index contributed by atoms with van der Waals surface area (Å²) in [6, 6.07) is 51.7. The summed E-state index contributed by atoms with van der Waals surface area (Å²) >= 11 is 0. The van der Waals surface area contributed by atoms with Crippen LogP contribution in [0.25, 0.3) is 87.8 Å². The molecule has 0 amide bonds. The number of aromatic nitrogens is 4. The van der Waals surface area contributed by atoms with Crippen molar-refractivity contribution >= 4 is 76.2 Å². The van der Waals surface area contributed by atoms with E-state index in [2.05, 4.69) is 155 Å². The first kappa shape index (κ1) is 23.6. The van der Waals surface area contributed by atoms with Gasteiger partial charge >= 0.3 is 0 Å². The quantitative estimate of drug-likeness (QED) is 0.211. The van der Waals surface area contributed by atoms with Crippen LogP contribution in [0.3, 0.4) is 0 Å². The van der Waals surface area contributed by atoms with Crippen LogP contribution in [0.5, 0.6) is 0 Å². The lowest BCUT2D eigenvalue weighted by Gasteiger charge is -2.12. The predicted octanol–water partition coefficient (Wildman–Crippen LogP) is 10.1. The molecule has 0 atom stereocenters. The minimum atomic E-state index is 0.916. The van der Waals surface area contributed by atoms with E-state index >= 15 is 0 Å². The third-order valence-electron chi connectivity index (χ3n) is 9.09. The fourth-order valence-corrected chi connectivity index (χ4v) is 7.16. The summed E-state index contributed by atoms with van der Waals surface area (Å²) in [7, 11) is 0. The number of pyridine rings is 2. The summed E-state index contributed by atoms with van der Waals surface area (Å²) in [6.45, 7) is 0. The molecule has 6 aromatic carbocycles. The van der Waals surface area contributed by atoms with E-state index in [9.17, 15) is 0 Å². The molecule has 0 aliphatic heterocycles. The van der Waals surface area contributed by atoms with Gasteiger partial charge in [-0.1, -0.05) is 97.1 Å². The molecule has 10 aromatic rings. The molecule has 0 saturated heterocycles. The van der Waals surface area contributed by atoms with E-state index in [1.807, 2.05) is 0 Å². The Labute approximate surface area is 252 Å². The molecule has 0 aliphatic rings. The average molecular weight is 561 g/mol. The van der Waals surface area contributed by atoms with Gasteiger partial charge in [0.2, 0.25) is 0 Å².